The predicted octanol–water partition coefficient (Wildman–Crippen LogP) is 2.86. The summed E-state index contributed by atoms with van der Waals surface area (Å²) in [7, 11) is 1.16. The van der Waals surface area contributed by atoms with E-state index in [9.17, 15) is 19.7 Å². The van der Waals surface area contributed by atoms with E-state index >= 15 is 0 Å². The van der Waals surface area contributed by atoms with Crippen molar-refractivity contribution in [3.8, 4) is 0 Å². The molecule has 3 rings (SSSR count). The molecule has 0 unspecified atom stereocenters. The topological polar surface area (TPSA) is 111 Å². The van der Waals surface area contributed by atoms with E-state index in [1.807, 2.05) is 30.3 Å². The Balaban J connectivity index is 1.86. The van der Waals surface area contributed by atoms with Gasteiger partial charge >= 0.3 is 5.97 Å². The van der Waals surface area contributed by atoms with Crippen molar-refractivity contribution in [2.24, 2.45) is 0 Å². The number of methoxy groups -OCH3 is 1. The van der Waals surface area contributed by atoms with Gasteiger partial charge in [0.05, 0.1) is 29.8 Å². The highest BCUT2D eigenvalue weighted by Gasteiger charge is 2.18. The molecule has 1 N–H and O–H groups in total. The van der Waals surface area contributed by atoms with Crippen LogP contribution in [0.3, 0.4) is 0 Å². The molecule has 8 nitrogen and oxygen atoms in total. The van der Waals surface area contributed by atoms with Crippen LogP contribution in [0.15, 0.2) is 54.7 Å². The van der Waals surface area contributed by atoms with Crippen molar-refractivity contribution < 1.29 is 19.2 Å². The Bertz CT molecular complexity index is 1040. The number of benzene rings is 2. The van der Waals surface area contributed by atoms with Gasteiger partial charge in [-0.05, 0) is 17.5 Å². The van der Waals surface area contributed by atoms with Crippen LogP contribution in [0.4, 0.5) is 5.69 Å². The average Bonchev–Trinajstić information content (AvgIpc) is 2.70. The van der Waals surface area contributed by atoms with Crippen molar-refractivity contribution >= 4 is 28.3 Å². The van der Waals surface area contributed by atoms with Crippen LogP contribution in [0.1, 0.15) is 26.4 Å². The maximum Gasteiger partial charge on any atom is 0.338 e. The van der Waals surface area contributed by atoms with Crippen LogP contribution in [-0.4, -0.2) is 28.9 Å². The van der Waals surface area contributed by atoms with Gasteiger partial charge in [0.25, 0.3) is 11.6 Å². The second-order valence-corrected chi connectivity index (χ2v) is 5.68. The van der Waals surface area contributed by atoms with Gasteiger partial charge in [0.15, 0.2) is 0 Å². The predicted molar refractivity (Wildman–Crippen MR) is 97.3 cm³/mol. The smallest absolute Gasteiger partial charge is 0.338 e. The summed E-state index contributed by atoms with van der Waals surface area (Å²) >= 11 is 0. The standard InChI is InChI=1S/C19H15N3O5/c1-27-19(24)14-8-13(9-15(10-14)22(25)26)18(23)21-11-17-16-5-3-2-4-12(16)6-7-20-17/h2-10H,11H2,1H3,(H,21,23). The third kappa shape index (κ3) is 3.90. The normalized spacial score (nSPS) is 10.4. The summed E-state index contributed by atoms with van der Waals surface area (Å²) in [4.78, 5) is 38.9. The molecule has 1 amide bonds. The Morgan fingerprint density at radius 3 is 2.63 bits per heavy atom. The minimum absolute atomic E-state index is 0.00941. The summed E-state index contributed by atoms with van der Waals surface area (Å²) in [5.74, 6) is -1.32. The van der Waals surface area contributed by atoms with Crippen LogP contribution < -0.4 is 5.32 Å². The first-order chi connectivity index (χ1) is 13.0. The molecule has 0 spiro atoms. The van der Waals surface area contributed by atoms with E-state index in [0.29, 0.717) is 5.69 Å². The van der Waals surface area contributed by atoms with Crippen LogP contribution >= 0.6 is 0 Å². The number of hydrogen-bond donors (Lipinski definition) is 1. The van der Waals surface area contributed by atoms with Crippen LogP contribution in [0, 0.1) is 10.1 Å². The van der Waals surface area contributed by atoms with E-state index in [0.717, 1.165) is 30.0 Å². The third-order valence-electron chi connectivity index (χ3n) is 3.98. The lowest BCUT2D eigenvalue weighted by Crippen LogP contribution is -2.24. The Kier molecular flexibility index (Phi) is 5.07. The van der Waals surface area contributed by atoms with E-state index in [-0.39, 0.29) is 23.4 Å². The molecule has 1 heterocycles. The minimum Gasteiger partial charge on any atom is -0.465 e. The van der Waals surface area contributed by atoms with Gasteiger partial charge in [0, 0.05) is 29.3 Å². The zero-order valence-electron chi connectivity index (χ0n) is 14.3. The molecule has 1 aromatic heterocycles. The number of ether oxygens (including phenoxy) is 1. The first-order valence-corrected chi connectivity index (χ1v) is 7.98. The molecule has 136 valence electrons. The van der Waals surface area contributed by atoms with Crippen molar-refractivity contribution in [2.75, 3.05) is 7.11 Å². The summed E-state index contributed by atoms with van der Waals surface area (Å²) in [6.45, 7) is 0.135. The fraction of sp³-hybridized carbons (Fsp3) is 0.105. The molecule has 0 saturated heterocycles. The molecule has 0 atom stereocenters. The largest absolute Gasteiger partial charge is 0.465 e. The van der Waals surface area contributed by atoms with E-state index in [4.69, 9.17) is 0 Å². The first-order valence-electron chi connectivity index (χ1n) is 7.98. The minimum atomic E-state index is -0.761. The molecule has 0 bridgehead atoms. The van der Waals surface area contributed by atoms with Crippen molar-refractivity contribution in [1.29, 1.82) is 0 Å². The number of fused-ring (bicyclic) bond motifs is 1. The summed E-state index contributed by atoms with van der Waals surface area (Å²) in [6, 6.07) is 12.9. The Hall–Kier alpha value is -3.81. The van der Waals surface area contributed by atoms with Crippen molar-refractivity contribution in [3.05, 3.63) is 81.7 Å². The number of amides is 1. The molecule has 0 aliphatic rings. The molecule has 2 aromatic carbocycles. The molecule has 3 aromatic rings. The van der Waals surface area contributed by atoms with Gasteiger partial charge in [-0.1, -0.05) is 24.3 Å². The molecule has 0 fully saturated rings. The summed E-state index contributed by atoms with van der Waals surface area (Å²) in [5, 5.41) is 15.6. The summed E-state index contributed by atoms with van der Waals surface area (Å²) in [6.07, 6.45) is 1.65. The molecule has 8 heteroatoms. The molecule has 27 heavy (non-hydrogen) atoms. The van der Waals surface area contributed by atoms with E-state index < -0.39 is 16.8 Å². The van der Waals surface area contributed by atoms with Gasteiger partial charge < -0.3 is 10.1 Å². The molecular formula is C19H15N3O5. The maximum atomic E-state index is 12.5. The number of esters is 1. The highest BCUT2D eigenvalue weighted by molar-refractivity contribution is 5.99. The van der Waals surface area contributed by atoms with Crippen LogP contribution in [-0.2, 0) is 11.3 Å². The summed E-state index contributed by atoms with van der Waals surface area (Å²) in [5.41, 5.74) is 0.219. The zero-order chi connectivity index (χ0) is 19.4. The molecule has 0 radical (unpaired) electrons. The number of carbonyl (C=O) groups is 2. The van der Waals surface area contributed by atoms with E-state index in [2.05, 4.69) is 15.0 Å². The van der Waals surface area contributed by atoms with Gasteiger partial charge in [-0.15, -0.1) is 0 Å². The number of nitrogens with one attached hydrogen (secondary N) is 1. The number of nitro benzene ring substituents is 1. The maximum absolute atomic E-state index is 12.5. The molecular weight excluding hydrogens is 350 g/mol. The summed E-state index contributed by atoms with van der Waals surface area (Å²) < 4.78 is 4.58. The monoisotopic (exact) mass is 365 g/mol. The number of rotatable bonds is 5. The molecule has 0 saturated carbocycles. The zero-order valence-corrected chi connectivity index (χ0v) is 14.3. The average molecular weight is 365 g/mol. The highest BCUT2D eigenvalue weighted by atomic mass is 16.6. The van der Waals surface area contributed by atoms with Crippen molar-refractivity contribution in [1.82, 2.24) is 10.3 Å². The lowest BCUT2D eigenvalue weighted by atomic mass is 10.1. The number of aromatic nitrogens is 1. The highest BCUT2D eigenvalue weighted by Crippen LogP contribution is 2.19. The van der Waals surface area contributed by atoms with Crippen molar-refractivity contribution in [3.63, 3.8) is 0 Å². The lowest BCUT2D eigenvalue weighted by Gasteiger charge is -2.08. The number of non-ortho nitro benzene ring substituents is 1. The van der Waals surface area contributed by atoms with Gasteiger partial charge in [0.1, 0.15) is 0 Å². The second kappa shape index (κ2) is 7.61. The van der Waals surface area contributed by atoms with Crippen molar-refractivity contribution in [2.45, 2.75) is 6.54 Å². The van der Waals surface area contributed by atoms with Gasteiger partial charge in [-0.25, -0.2) is 4.79 Å². The SMILES string of the molecule is COC(=O)c1cc(C(=O)NCc2nccc3ccccc23)cc([N+](=O)[O-])c1. The van der Waals surface area contributed by atoms with Crippen LogP contribution in [0.25, 0.3) is 10.8 Å². The van der Waals surface area contributed by atoms with E-state index in [1.54, 1.807) is 6.20 Å². The van der Waals surface area contributed by atoms with Gasteiger partial charge in [-0.2, -0.15) is 0 Å². The Labute approximate surface area is 153 Å². The number of nitro groups is 1. The van der Waals surface area contributed by atoms with Gasteiger partial charge in [-0.3, -0.25) is 19.9 Å². The van der Waals surface area contributed by atoms with E-state index in [1.165, 1.54) is 6.07 Å². The van der Waals surface area contributed by atoms with Crippen LogP contribution in [0.2, 0.25) is 0 Å². The number of nitrogens with zero attached hydrogens (tertiary/aromatic N) is 2. The number of hydrogen-bond acceptors (Lipinski definition) is 6. The Morgan fingerprint density at radius 1 is 1.15 bits per heavy atom. The molecule has 0 aliphatic carbocycles. The Morgan fingerprint density at radius 2 is 1.89 bits per heavy atom. The fourth-order valence-electron chi connectivity index (χ4n) is 2.67. The van der Waals surface area contributed by atoms with Gasteiger partial charge in [0.2, 0.25) is 0 Å². The first kappa shape index (κ1) is 18.0. The number of pyridine rings is 1. The quantitative estimate of drug-likeness (QED) is 0.423. The fourth-order valence-corrected chi connectivity index (χ4v) is 2.67. The molecule has 0 aliphatic heterocycles. The second-order valence-electron chi connectivity index (χ2n) is 5.68. The third-order valence-corrected chi connectivity index (χ3v) is 3.98. The van der Waals surface area contributed by atoms with Crippen LogP contribution in [0.5, 0.6) is 0 Å². The lowest BCUT2D eigenvalue weighted by molar-refractivity contribution is -0.384. The number of carbonyl (C=O) groups excluding carboxylic acids is 2.